The van der Waals surface area contributed by atoms with Crippen molar-refractivity contribution in [2.75, 3.05) is 26.2 Å². The predicted octanol–water partition coefficient (Wildman–Crippen LogP) is 3.16. The van der Waals surface area contributed by atoms with Gasteiger partial charge in [-0.2, -0.15) is 0 Å². The molecule has 2 amide bonds. The molecule has 5 nitrogen and oxygen atoms in total. The van der Waals surface area contributed by atoms with Crippen molar-refractivity contribution in [3.63, 3.8) is 0 Å². The van der Waals surface area contributed by atoms with Crippen molar-refractivity contribution in [3.05, 3.63) is 57.8 Å². The number of carbonyl (C=O) groups excluding carboxylic acids is 2. The van der Waals surface area contributed by atoms with Gasteiger partial charge in [0.05, 0.1) is 4.88 Å². The van der Waals surface area contributed by atoms with Crippen LogP contribution < -0.4 is 5.32 Å². The van der Waals surface area contributed by atoms with Crippen LogP contribution >= 0.6 is 11.3 Å². The number of nitrogens with one attached hydrogen (secondary N) is 1. The van der Waals surface area contributed by atoms with E-state index in [0.717, 1.165) is 19.6 Å². The van der Waals surface area contributed by atoms with Crippen molar-refractivity contribution < 1.29 is 9.59 Å². The van der Waals surface area contributed by atoms with E-state index in [1.165, 1.54) is 22.5 Å². The molecular weight excluding hydrogens is 370 g/mol. The molecule has 0 unspecified atom stereocenters. The number of piperazine rings is 1. The highest BCUT2D eigenvalue weighted by atomic mass is 32.1. The van der Waals surface area contributed by atoms with Crippen LogP contribution in [0.4, 0.5) is 0 Å². The van der Waals surface area contributed by atoms with Gasteiger partial charge in [0, 0.05) is 32.7 Å². The lowest BCUT2D eigenvalue weighted by Gasteiger charge is -2.37. The summed E-state index contributed by atoms with van der Waals surface area (Å²) in [6.45, 7) is 10.1. The Morgan fingerprint density at radius 2 is 1.79 bits per heavy atom. The van der Waals surface area contributed by atoms with Crippen LogP contribution in [0.5, 0.6) is 0 Å². The highest BCUT2D eigenvalue weighted by Crippen LogP contribution is 2.15. The average Bonchev–Trinajstić information content (AvgIpc) is 3.22. The molecule has 1 aromatic carbocycles. The Hall–Kier alpha value is -2.18. The molecule has 1 fully saturated rings. The maximum Gasteiger partial charge on any atom is 0.262 e. The van der Waals surface area contributed by atoms with Gasteiger partial charge in [-0.05, 0) is 35.4 Å². The van der Waals surface area contributed by atoms with Gasteiger partial charge >= 0.3 is 0 Å². The van der Waals surface area contributed by atoms with Crippen LogP contribution in [-0.4, -0.2) is 53.8 Å². The molecule has 0 aliphatic carbocycles. The van der Waals surface area contributed by atoms with Gasteiger partial charge in [0.25, 0.3) is 5.91 Å². The Morgan fingerprint density at radius 3 is 2.39 bits per heavy atom. The number of aryl methyl sites for hydroxylation is 1. The number of benzene rings is 1. The summed E-state index contributed by atoms with van der Waals surface area (Å²) in [7, 11) is 0. The number of carbonyl (C=O) groups is 2. The second kappa shape index (κ2) is 9.34. The minimum absolute atomic E-state index is 0.0236. The zero-order chi connectivity index (χ0) is 20.1. The van der Waals surface area contributed by atoms with Gasteiger partial charge in [-0.15, -0.1) is 11.3 Å². The third-order valence-corrected chi connectivity index (χ3v) is 6.17. The number of rotatable bonds is 6. The quantitative estimate of drug-likeness (QED) is 0.812. The van der Waals surface area contributed by atoms with Gasteiger partial charge in [0.1, 0.15) is 6.04 Å². The van der Waals surface area contributed by atoms with Crippen LogP contribution in [0, 0.1) is 12.8 Å². The van der Waals surface area contributed by atoms with Crippen LogP contribution in [0.2, 0.25) is 0 Å². The molecule has 1 aliphatic rings. The fraction of sp³-hybridized carbons (Fsp3) is 0.455. The standard InChI is InChI=1S/C22H29N3O2S/c1-16(2)20(23-21(26)19-9-6-14-28-19)22(27)25-12-10-24(11-13-25)15-18-8-5-4-7-17(18)3/h4-9,14,16,20H,10-13,15H2,1-3H3,(H,23,26)/t20-/m0/s1. The number of hydrogen-bond acceptors (Lipinski definition) is 4. The van der Waals surface area contributed by atoms with Gasteiger partial charge in [0.15, 0.2) is 0 Å². The first-order chi connectivity index (χ1) is 13.5. The molecule has 3 rings (SSSR count). The highest BCUT2D eigenvalue weighted by molar-refractivity contribution is 7.12. The molecular formula is C22H29N3O2S. The maximum absolute atomic E-state index is 13.1. The number of amides is 2. The van der Waals surface area contributed by atoms with Crippen molar-refractivity contribution in [2.45, 2.75) is 33.4 Å². The molecule has 1 N–H and O–H groups in total. The van der Waals surface area contributed by atoms with E-state index in [1.54, 1.807) is 6.07 Å². The lowest BCUT2D eigenvalue weighted by atomic mass is 10.0. The lowest BCUT2D eigenvalue weighted by Crippen LogP contribution is -2.56. The molecule has 150 valence electrons. The van der Waals surface area contributed by atoms with Crippen molar-refractivity contribution >= 4 is 23.2 Å². The molecule has 6 heteroatoms. The van der Waals surface area contributed by atoms with E-state index < -0.39 is 6.04 Å². The molecule has 0 spiro atoms. The summed E-state index contributed by atoms with van der Waals surface area (Å²) in [6.07, 6.45) is 0. The summed E-state index contributed by atoms with van der Waals surface area (Å²) in [5, 5.41) is 4.81. The smallest absolute Gasteiger partial charge is 0.262 e. The molecule has 1 atom stereocenters. The first-order valence-corrected chi connectivity index (χ1v) is 10.7. The first kappa shape index (κ1) is 20.6. The van der Waals surface area contributed by atoms with E-state index in [1.807, 2.05) is 30.2 Å². The molecule has 1 aromatic heterocycles. The van der Waals surface area contributed by atoms with Gasteiger partial charge in [-0.3, -0.25) is 14.5 Å². The summed E-state index contributed by atoms with van der Waals surface area (Å²) in [4.78, 5) is 30.4. The fourth-order valence-corrected chi connectivity index (χ4v) is 4.11. The molecule has 0 saturated carbocycles. The summed E-state index contributed by atoms with van der Waals surface area (Å²) >= 11 is 1.39. The second-order valence-electron chi connectivity index (χ2n) is 7.70. The van der Waals surface area contributed by atoms with E-state index in [0.29, 0.717) is 18.0 Å². The summed E-state index contributed by atoms with van der Waals surface area (Å²) < 4.78 is 0. The van der Waals surface area contributed by atoms with Crippen LogP contribution in [-0.2, 0) is 11.3 Å². The topological polar surface area (TPSA) is 52.6 Å². The number of hydrogen-bond donors (Lipinski definition) is 1. The van der Waals surface area contributed by atoms with E-state index >= 15 is 0 Å². The van der Waals surface area contributed by atoms with E-state index in [9.17, 15) is 9.59 Å². The molecule has 1 aliphatic heterocycles. The molecule has 1 saturated heterocycles. The summed E-state index contributed by atoms with van der Waals surface area (Å²) in [6, 6.07) is 11.6. The van der Waals surface area contributed by atoms with Crippen LogP contribution in [0.15, 0.2) is 41.8 Å². The van der Waals surface area contributed by atoms with Gasteiger partial charge in [-0.1, -0.05) is 44.2 Å². The Labute approximate surface area is 171 Å². The molecule has 2 heterocycles. The van der Waals surface area contributed by atoms with Crippen molar-refractivity contribution in [2.24, 2.45) is 5.92 Å². The van der Waals surface area contributed by atoms with Crippen LogP contribution in [0.25, 0.3) is 0 Å². The van der Waals surface area contributed by atoms with E-state index in [4.69, 9.17) is 0 Å². The van der Waals surface area contributed by atoms with Gasteiger partial charge < -0.3 is 10.2 Å². The predicted molar refractivity (Wildman–Crippen MR) is 113 cm³/mol. The van der Waals surface area contributed by atoms with Crippen molar-refractivity contribution in [3.8, 4) is 0 Å². The normalized spacial score (nSPS) is 16.2. The Bertz CT molecular complexity index is 796. The second-order valence-corrected chi connectivity index (χ2v) is 8.65. The van der Waals surface area contributed by atoms with Crippen LogP contribution in [0.1, 0.15) is 34.6 Å². The zero-order valence-electron chi connectivity index (χ0n) is 16.9. The van der Waals surface area contributed by atoms with Crippen LogP contribution in [0.3, 0.4) is 0 Å². The third kappa shape index (κ3) is 5.00. The Kier molecular flexibility index (Phi) is 6.86. The summed E-state index contributed by atoms with van der Waals surface area (Å²) in [5.41, 5.74) is 2.64. The SMILES string of the molecule is Cc1ccccc1CN1CCN(C(=O)[C@@H](NC(=O)c2cccs2)C(C)C)CC1. The monoisotopic (exact) mass is 399 g/mol. The van der Waals surface area contributed by atoms with Crippen molar-refractivity contribution in [1.29, 1.82) is 0 Å². The Morgan fingerprint density at radius 1 is 1.07 bits per heavy atom. The highest BCUT2D eigenvalue weighted by Gasteiger charge is 2.31. The molecule has 28 heavy (non-hydrogen) atoms. The first-order valence-electron chi connectivity index (χ1n) is 9.85. The van der Waals surface area contributed by atoms with Crippen molar-refractivity contribution in [1.82, 2.24) is 15.1 Å². The Balaban J connectivity index is 1.56. The average molecular weight is 400 g/mol. The molecule has 0 radical (unpaired) electrons. The maximum atomic E-state index is 13.1. The minimum atomic E-state index is -0.488. The molecule has 0 bridgehead atoms. The van der Waals surface area contributed by atoms with E-state index in [-0.39, 0.29) is 17.7 Å². The molecule has 2 aromatic rings. The third-order valence-electron chi connectivity index (χ3n) is 5.30. The largest absolute Gasteiger partial charge is 0.339 e. The van der Waals surface area contributed by atoms with Gasteiger partial charge in [0.2, 0.25) is 5.91 Å². The minimum Gasteiger partial charge on any atom is -0.339 e. The van der Waals surface area contributed by atoms with E-state index in [2.05, 4.69) is 41.4 Å². The fourth-order valence-electron chi connectivity index (χ4n) is 3.49. The number of thiophene rings is 1. The zero-order valence-corrected chi connectivity index (χ0v) is 17.7. The lowest BCUT2D eigenvalue weighted by molar-refractivity contribution is -0.136. The summed E-state index contributed by atoms with van der Waals surface area (Å²) in [5.74, 6) is -0.0999. The number of nitrogens with zero attached hydrogens (tertiary/aromatic N) is 2. The van der Waals surface area contributed by atoms with Gasteiger partial charge in [-0.25, -0.2) is 0 Å².